The van der Waals surface area contributed by atoms with Crippen LogP contribution in [0.4, 0.5) is 5.95 Å². The fourth-order valence-electron chi connectivity index (χ4n) is 3.68. The van der Waals surface area contributed by atoms with Crippen LogP contribution in [0.3, 0.4) is 0 Å². The van der Waals surface area contributed by atoms with Crippen LogP contribution < -0.4 is 20.5 Å². The smallest absolute Gasteiger partial charge is 0.255 e. The van der Waals surface area contributed by atoms with Crippen LogP contribution in [-0.2, 0) is 7.05 Å². The molecule has 0 spiro atoms. The van der Waals surface area contributed by atoms with Crippen LogP contribution in [0.15, 0.2) is 59.7 Å². The number of pyridine rings is 1. The van der Waals surface area contributed by atoms with E-state index in [0.717, 1.165) is 30.0 Å². The van der Waals surface area contributed by atoms with Crippen molar-refractivity contribution in [1.82, 2.24) is 19.9 Å². The van der Waals surface area contributed by atoms with Crippen molar-refractivity contribution in [3.8, 4) is 17.0 Å². The van der Waals surface area contributed by atoms with Gasteiger partial charge in [-0.15, -0.1) is 0 Å². The third kappa shape index (κ3) is 4.00. The third-order valence-corrected chi connectivity index (χ3v) is 5.14. The first kappa shape index (κ1) is 19.1. The average Bonchev–Trinajstić information content (AvgIpc) is 2.77. The molecule has 1 aromatic carbocycles. The Morgan fingerprint density at radius 1 is 1.21 bits per heavy atom. The van der Waals surface area contributed by atoms with Gasteiger partial charge in [0.05, 0.1) is 18.3 Å². The zero-order valence-corrected chi connectivity index (χ0v) is 16.7. The first-order chi connectivity index (χ1) is 14.2. The predicted molar refractivity (Wildman–Crippen MR) is 113 cm³/mol. The van der Waals surface area contributed by atoms with E-state index < -0.39 is 0 Å². The van der Waals surface area contributed by atoms with Gasteiger partial charge in [0.25, 0.3) is 5.56 Å². The van der Waals surface area contributed by atoms with Gasteiger partial charge in [-0.1, -0.05) is 18.2 Å². The van der Waals surface area contributed by atoms with Gasteiger partial charge >= 0.3 is 0 Å². The van der Waals surface area contributed by atoms with Gasteiger partial charge in [-0.25, -0.2) is 4.98 Å². The van der Waals surface area contributed by atoms with Crippen molar-refractivity contribution in [1.29, 1.82) is 0 Å². The van der Waals surface area contributed by atoms with Crippen LogP contribution in [0.2, 0.25) is 0 Å². The van der Waals surface area contributed by atoms with Crippen LogP contribution in [0.1, 0.15) is 18.5 Å². The zero-order valence-electron chi connectivity index (χ0n) is 16.7. The molecule has 3 heterocycles. The summed E-state index contributed by atoms with van der Waals surface area (Å²) in [6.07, 6.45) is 3.42. The molecule has 1 N–H and O–H groups in total. The second-order valence-corrected chi connectivity index (χ2v) is 7.00. The number of benzene rings is 1. The Morgan fingerprint density at radius 2 is 2.00 bits per heavy atom. The highest BCUT2D eigenvalue weighted by molar-refractivity contribution is 5.59. The molecule has 3 aromatic rings. The van der Waals surface area contributed by atoms with Crippen molar-refractivity contribution >= 4 is 5.95 Å². The van der Waals surface area contributed by atoms with Crippen molar-refractivity contribution in [3.05, 3.63) is 70.8 Å². The van der Waals surface area contributed by atoms with Gasteiger partial charge < -0.3 is 15.0 Å². The minimum Gasteiger partial charge on any atom is -0.494 e. The molecule has 29 heavy (non-hydrogen) atoms. The normalized spacial score (nSPS) is 16.6. The molecule has 0 amide bonds. The van der Waals surface area contributed by atoms with Gasteiger partial charge in [-0.2, -0.15) is 0 Å². The van der Waals surface area contributed by atoms with Crippen LogP contribution in [0.5, 0.6) is 5.75 Å². The number of para-hydroxylation sites is 1. The number of rotatable bonds is 5. The third-order valence-electron chi connectivity index (χ3n) is 5.14. The monoisotopic (exact) mass is 391 g/mol. The van der Waals surface area contributed by atoms with E-state index in [1.807, 2.05) is 37.3 Å². The summed E-state index contributed by atoms with van der Waals surface area (Å²) in [6, 6.07) is 13.5. The number of aromatic nitrogens is 3. The highest BCUT2D eigenvalue weighted by Crippen LogP contribution is 2.28. The van der Waals surface area contributed by atoms with E-state index in [9.17, 15) is 4.79 Å². The van der Waals surface area contributed by atoms with Crippen molar-refractivity contribution in [2.45, 2.75) is 13.0 Å². The maximum absolute atomic E-state index is 12.6. The van der Waals surface area contributed by atoms with E-state index in [0.29, 0.717) is 24.8 Å². The molecule has 4 rings (SSSR count). The Labute approximate surface area is 170 Å². The molecule has 7 nitrogen and oxygen atoms in total. The lowest BCUT2D eigenvalue weighted by molar-refractivity contribution is 0.329. The van der Waals surface area contributed by atoms with Gasteiger partial charge in [0.2, 0.25) is 5.95 Å². The lowest BCUT2D eigenvalue weighted by Gasteiger charge is -2.35. The fourth-order valence-corrected chi connectivity index (χ4v) is 3.68. The number of hydrogen-bond acceptors (Lipinski definition) is 6. The molecule has 1 aliphatic rings. The molecule has 1 unspecified atom stereocenters. The molecule has 7 heteroatoms. The molecule has 0 saturated carbocycles. The highest BCUT2D eigenvalue weighted by Gasteiger charge is 2.26. The summed E-state index contributed by atoms with van der Waals surface area (Å²) in [5.74, 6) is 1.56. The summed E-state index contributed by atoms with van der Waals surface area (Å²) in [6.45, 7) is 4.87. The number of ether oxygens (including phenoxy) is 1. The molecule has 0 radical (unpaired) electrons. The maximum Gasteiger partial charge on any atom is 0.255 e. The molecular formula is C22H25N5O2. The van der Waals surface area contributed by atoms with Crippen LogP contribution in [0, 0.1) is 0 Å². The Bertz CT molecular complexity index is 1030. The largest absolute Gasteiger partial charge is 0.494 e. The molecule has 1 atom stereocenters. The molecular weight excluding hydrogens is 366 g/mol. The van der Waals surface area contributed by atoms with Gasteiger partial charge in [0.1, 0.15) is 5.75 Å². The Kier molecular flexibility index (Phi) is 5.57. The van der Waals surface area contributed by atoms with Crippen LogP contribution in [-0.4, -0.2) is 40.8 Å². The van der Waals surface area contributed by atoms with Crippen molar-refractivity contribution in [2.24, 2.45) is 7.05 Å². The quantitative estimate of drug-likeness (QED) is 0.720. The molecule has 0 bridgehead atoms. The van der Waals surface area contributed by atoms with E-state index in [1.54, 1.807) is 30.1 Å². The summed E-state index contributed by atoms with van der Waals surface area (Å²) in [5.41, 5.74) is 2.59. The summed E-state index contributed by atoms with van der Waals surface area (Å²) >= 11 is 0. The second kappa shape index (κ2) is 8.45. The highest BCUT2D eigenvalue weighted by atomic mass is 16.5. The van der Waals surface area contributed by atoms with Gasteiger partial charge in [-0.05, 0) is 25.1 Å². The van der Waals surface area contributed by atoms with Crippen LogP contribution in [0.25, 0.3) is 11.3 Å². The summed E-state index contributed by atoms with van der Waals surface area (Å²) in [5, 5.41) is 3.57. The first-order valence-corrected chi connectivity index (χ1v) is 9.86. The summed E-state index contributed by atoms with van der Waals surface area (Å²) in [7, 11) is 1.77. The van der Waals surface area contributed by atoms with Gasteiger partial charge in [0.15, 0.2) is 0 Å². The minimum absolute atomic E-state index is 0.0772. The molecule has 1 aliphatic heterocycles. The number of nitrogens with zero attached hydrogens (tertiary/aromatic N) is 4. The predicted octanol–water partition coefficient (Wildman–Crippen LogP) is 2.39. The molecule has 1 fully saturated rings. The Balaban J connectivity index is 1.67. The van der Waals surface area contributed by atoms with Gasteiger partial charge in [-0.3, -0.25) is 14.3 Å². The minimum atomic E-state index is -0.0772. The number of anilines is 1. The van der Waals surface area contributed by atoms with Crippen molar-refractivity contribution in [3.63, 3.8) is 0 Å². The molecule has 0 aliphatic carbocycles. The van der Waals surface area contributed by atoms with E-state index in [4.69, 9.17) is 9.72 Å². The fraction of sp³-hybridized carbons (Fsp3) is 0.318. The average molecular weight is 391 g/mol. The summed E-state index contributed by atoms with van der Waals surface area (Å²) < 4.78 is 7.43. The lowest BCUT2D eigenvalue weighted by Crippen LogP contribution is -2.47. The molecule has 2 aromatic heterocycles. The van der Waals surface area contributed by atoms with Crippen molar-refractivity contribution < 1.29 is 4.74 Å². The van der Waals surface area contributed by atoms with E-state index in [2.05, 4.69) is 21.3 Å². The second-order valence-electron chi connectivity index (χ2n) is 7.00. The SMILES string of the molecule is CCOc1ccccc1C1CN(c2nc(-c3ccncc3)cc(=O)n2C)CCN1. The Morgan fingerprint density at radius 3 is 2.79 bits per heavy atom. The number of piperazine rings is 1. The number of hydrogen-bond donors (Lipinski definition) is 1. The summed E-state index contributed by atoms with van der Waals surface area (Å²) in [4.78, 5) is 23.6. The van der Waals surface area contributed by atoms with E-state index >= 15 is 0 Å². The topological polar surface area (TPSA) is 72.3 Å². The van der Waals surface area contributed by atoms with Crippen molar-refractivity contribution in [2.75, 3.05) is 31.1 Å². The number of nitrogens with one attached hydrogen (secondary N) is 1. The Hall–Kier alpha value is -3.19. The lowest BCUT2D eigenvalue weighted by atomic mass is 10.0. The first-order valence-electron chi connectivity index (χ1n) is 9.86. The van der Waals surface area contributed by atoms with Gasteiger partial charge in [0, 0.05) is 56.3 Å². The standard InChI is InChI=1S/C22H25N5O2/c1-3-29-20-7-5-4-6-17(20)19-15-27(13-12-24-19)22-25-18(14-21(28)26(22)2)16-8-10-23-11-9-16/h4-11,14,19,24H,3,12-13,15H2,1-2H3. The van der Waals surface area contributed by atoms with E-state index in [1.165, 1.54) is 0 Å². The zero-order chi connectivity index (χ0) is 20.2. The van der Waals surface area contributed by atoms with Crippen LogP contribution >= 0.6 is 0 Å². The van der Waals surface area contributed by atoms with E-state index in [-0.39, 0.29) is 11.6 Å². The molecule has 1 saturated heterocycles. The maximum atomic E-state index is 12.6. The molecule has 150 valence electrons.